The third kappa shape index (κ3) is 7.00. The van der Waals surface area contributed by atoms with E-state index >= 15 is 0 Å². The monoisotopic (exact) mass is 420 g/mol. The molecule has 1 saturated heterocycles. The van der Waals surface area contributed by atoms with Crippen molar-refractivity contribution >= 4 is 24.8 Å². The van der Waals surface area contributed by atoms with Gasteiger partial charge in [0.15, 0.2) is 0 Å². The molecule has 1 aliphatic heterocycles. The van der Waals surface area contributed by atoms with Gasteiger partial charge in [-0.15, -0.1) is 24.8 Å². The van der Waals surface area contributed by atoms with E-state index in [0.717, 1.165) is 38.5 Å². The molecule has 1 fully saturated rings. The number of hydrogen-bond acceptors (Lipinski definition) is 2. The second-order valence-corrected chi connectivity index (χ2v) is 6.57. The van der Waals surface area contributed by atoms with Crippen LogP contribution in [0.1, 0.15) is 29.5 Å². The Balaban J connectivity index is 0.00000182. The predicted octanol–water partition coefficient (Wildman–Crippen LogP) is 5.30. The first-order valence-electron chi connectivity index (χ1n) is 8.67. The molecule has 0 saturated carbocycles. The highest BCUT2D eigenvalue weighted by Gasteiger charge is 2.32. The highest BCUT2D eigenvalue weighted by molar-refractivity contribution is 5.85. The van der Waals surface area contributed by atoms with E-state index in [-0.39, 0.29) is 37.4 Å². The number of nitrogens with one attached hydrogen (secondary N) is 1. The standard InChI is InChI=1S/C20H23F3N2.2ClH/c21-20(22,23)19-9-5-4-8-17(19)14-24-18-10-12-25(13-11-18)15-16-6-2-1-3-7-16;;/h1-9,18,24H,10-15H2;2*1H. The lowest BCUT2D eigenvalue weighted by molar-refractivity contribution is -0.138. The summed E-state index contributed by atoms with van der Waals surface area (Å²) in [5.41, 5.74) is 1.08. The molecule has 0 atom stereocenters. The zero-order valence-corrected chi connectivity index (χ0v) is 16.5. The summed E-state index contributed by atoms with van der Waals surface area (Å²) >= 11 is 0. The van der Waals surface area contributed by atoms with Gasteiger partial charge in [0, 0.05) is 19.1 Å². The molecule has 0 unspecified atom stereocenters. The predicted molar refractivity (Wildman–Crippen MR) is 108 cm³/mol. The van der Waals surface area contributed by atoms with Crippen molar-refractivity contribution in [3.05, 3.63) is 71.3 Å². The number of benzene rings is 2. The molecule has 7 heteroatoms. The van der Waals surface area contributed by atoms with Crippen LogP contribution >= 0.6 is 24.8 Å². The van der Waals surface area contributed by atoms with Crippen LogP contribution in [-0.4, -0.2) is 24.0 Å². The zero-order chi connectivity index (χ0) is 17.7. The lowest BCUT2D eigenvalue weighted by Gasteiger charge is -2.32. The Morgan fingerprint density at radius 1 is 0.889 bits per heavy atom. The van der Waals surface area contributed by atoms with Crippen molar-refractivity contribution in [1.29, 1.82) is 0 Å². The molecule has 0 bridgehead atoms. The molecule has 0 amide bonds. The van der Waals surface area contributed by atoms with Gasteiger partial charge in [0.1, 0.15) is 0 Å². The van der Waals surface area contributed by atoms with E-state index < -0.39 is 11.7 Å². The number of halogens is 5. The molecule has 27 heavy (non-hydrogen) atoms. The molecule has 2 aromatic rings. The summed E-state index contributed by atoms with van der Waals surface area (Å²) in [6, 6.07) is 16.4. The van der Waals surface area contributed by atoms with Crippen molar-refractivity contribution in [2.24, 2.45) is 0 Å². The topological polar surface area (TPSA) is 15.3 Å². The molecule has 1 N–H and O–H groups in total. The summed E-state index contributed by atoms with van der Waals surface area (Å²) in [5.74, 6) is 0. The molecule has 2 aromatic carbocycles. The highest BCUT2D eigenvalue weighted by atomic mass is 35.5. The first-order chi connectivity index (χ1) is 12.0. The molecule has 0 aliphatic carbocycles. The summed E-state index contributed by atoms with van der Waals surface area (Å²) in [5, 5.41) is 3.31. The van der Waals surface area contributed by atoms with Gasteiger partial charge in [-0.2, -0.15) is 13.2 Å². The molecule has 0 radical (unpaired) electrons. The minimum atomic E-state index is -4.29. The minimum Gasteiger partial charge on any atom is -0.310 e. The van der Waals surface area contributed by atoms with E-state index in [0.29, 0.717) is 5.56 Å². The lowest BCUT2D eigenvalue weighted by Crippen LogP contribution is -2.42. The summed E-state index contributed by atoms with van der Waals surface area (Å²) in [7, 11) is 0. The van der Waals surface area contributed by atoms with Crippen molar-refractivity contribution < 1.29 is 13.2 Å². The minimum absolute atomic E-state index is 0. The molecule has 150 valence electrons. The highest BCUT2D eigenvalue weighted by Crippen LogP contribution is 2.31. The normalized spacial score (nSPS) is 15.7. The Labute approximate surface area is 171 Å². The molecular weight excluding hydrogens is 396 g/mol. The van der Waals surface area contributed by atoms with E-state index in [1.807, 2.05) is 18.2 Å². The Morgan fingerprint density at radius 2 is 1.48 bits per heavy atom. The van der Waals surface area contributed by atoms with Crippen LogP contribution in [0.5, 0.6) is 0 Å². The van der Waals surface area contributed by atoms with Crippen LogP contribution in [0.3, 0.4) is 0 Å². The van der Waals surface area contributed by atoms with Gasteiger partial charge >= 0.3 is 6.18 Å². The lowest BCUT2D eigenvalue weighted by atomic mass is 10.0. The fraction of sp³-hybridized carbons (Fsp3) is 0.400. The Hall–Kier alpha value is -1.27. The van der Waals surface area contributed by atoms with Crippen LogP contribution in [0.4, 0.5) is 13.2 Å². The molecule has 0 spiro atoms. The van der Waals surface area contributed by atoms with E-state index in [9.17, 15) is 13.2 Å². The van der Waals surface area contributed by atoms with Crippen LogP contribution in [-0.2, 0) is 19.3 Å². The number of nitrogens with zero attached hydrogens (tertiary/aromatic N) is 1. The molecule has 3 rings (SSSR count). The van der Waals surface area contributed by atoms with Crippen LogP contribution in [0, 0.1) is 0 Å². The fourth-order valence-corrected chi connectivity index (χ4v) is 3.34. The van der Waals surface area contributed by atoms with E-state index in [1.165, 1.54) is 11.6 Å². The number of hydrogen-bond donors (Lipinski definition) is 1. The average Bonchev–Trinajstić information content (AvgIpc) is 2.61. The Bertz CT molecular complexity index is 672. The first-order valence-corrected chi connectivity index (χ1v) is 8.67. The fourth-order valence-electron chi connectivity index (χ4n) is 3.34. The van der Waals surface area contributed by atoms with Crippen LogP contribution < -0.4 is 5.32 Å². The zero-order valence-electron chi connectivity index (χ0n) is 14.9. The van der Waals surface area contributed by atoms with Gasteiger partial charge in [-0.25, -0.2) is 0 Å². The summed E-state index contributed by atoms with van der Waals surface area (Å²) < 4.78 is 39.1. The first kappa shape index (κ1) is 23.8. The van der Waals surface area contributed by atoms with Crippen molar-refractivity contribution in [1.82, 2.24) is 10.2 Å². The SMILES string of the molecule is Cl.Cl.FC(F)(F)c1ccccc1CNC1CCN(Cc2ccccc2)CC1. The number of piperidine rings is 1. The second-order valence-electron chi connectivity index (χ2n) is 6.57. The van der Waals surface area contributed by atoms with Crippen molar-refractivity contribution in [3.63, 3.8) is 0 Å². The Morgan fingerprint density at radius 3 is 2.11 bits per heavy atom. The van der Waals surface area contributed by atoms with Crippen molar-refractivity contribution in [2.45, 2.75) is 38.1 Å². The van der Waals surface area contributed by atoms with Crippen molar-refractivity contribution in [2.75, 3.05) is 13.1 Å². The number of likely N-dealkylation sites (tertiary alicyclic amines) is 1. The van der Waals surface area contributed by atoms with Gasteiger partial charge in [0.05, 0.1) is 5.56 Å². The molecule has 0 aromatic heterocycles. The third-order valence-electron chi connectivity index (χ3n) is 4.74. The maximum Gasteiger partial charge on any atom is 0.416 e. The molecule has 2 nitrogen and oxygen atoms in total. The smallest absolute Gasteiger partial charge is 0.310 e. The van der Waals surface area contributed by atoms with E-state index in [2.05, 4.69) is 22.3 Å². The summed E-state index contributed by atoms with van der Waals surface area (Å²) in [6.45, 7) is 3.13. The van der Waals surface area contributed by atoms with Gasteiger partial charge in [-0.05, 0) is 43.1 Å². The van der Waals surface area contributed by atoms with Crippen LogP contribution in [0.2, 0.25) is 0 Å². The van der Waals surface area contributed by atoms with Gasteiger partial charge in [-0.1, -0.05) is 48.5 Å². The maximum atomic E-state index is 13.0. The number of rotatable bonds is 5. The van der Waals surface area contributed by atoms with Crippen LogP contribution in [0.15, 0.2) is 54.6 Å². The third-order valence-corrected chi connectivity index (χ3v) is 4.74. The molecular formula is C20H25Cl2F3N2. The van der Waals surface area contributed by atoms with Crippen molar-refractivity contribution in [3.8, 4) is 0 Å². The van der Waals surface area contributed by atoms with Gasteiger partial charge in [0.25, 0.3) is 0 Å². The largest absolute Gasteiger partial charge is 0.416 e. The van der Waals surface area contributed by atoms with Gasteiger partial charge < -0.3 is 5.32 Å². The van der Waals surface area contributed by atoms with Gasteiger partial charge in [-0.3, -0.25) is 4.90 Å². The second kappa shape index (κ2) is 10.9. The van der Waals surface area contributed by atoms with E-state index in [1.54, 1.807) is 12.1 Å². The quantitative estimate of drug-likeness (QED) is 0.705. The average molecular weight is 421 g/mol. The maximum absolute atomic E-state index is 13.0. The van der Waals surface area contributed by atoms with Crippen LogP contribution in [0.25, 0.3) is 0 Å². The van der Waals surface area contributed by atoms with Gasteiger partial charge in [0.2, 0.25) is 0 Å². The molecule has 1 heterocycles. The summed E-state index contributed by atoms with van der Waals surface area (Å²) in [6.07, 6.45) is -2.38. The van der Waals surface area contributed by atoms with E-state index in [4.69, 9.17) is 0 Å². The number of alkyl halides is 3. The Kier molecular flexibility index (Phi) is 9.60. The molecule has 1 aliphatic rings. The summed E-state index contributed by atoms with van der Waals surface area (Å²) in [4.78, 5) is 2.40.